The van der Waals surface area contributed by atoms with Crippen molar-refractivity contribution in [2.75, 3.05) is 47.4 Å². The molecular weight excluding hydrogens is 488 g/mol. The van der Waals surface area contributed by atoms with Gasteiger partial charge in [-0.2, -0.15) is 0 Å². The average molecular weight is 527 g/mol. The summed E-state index contributed by atoms with van der Waals surface area (Å²) in [5.41, 5.74) is 3.73. The molecule has 0 bridgehead atoms. The zero-order valence-corrected chi connectivity index (χ0v) is 22.6. The third kappa shape index (κ3) is 9.89. The van der Waals surface area contributed by atoms with E-state index in [0.29, 0.717) is 6.54 Å². The Morgan fingerprint density at radius 3 is 2.13 bits per heavy atom. The summed E-state index contributed by atoms with van der Waals surface area (Å²) in [4.78, 5) is 35.5. The van der Waals surface area contributed by atoms with Gasteiger partial charge < -0.3 is 24.6 Å². The Hall–Kier alpha value is -3.85. The largest absolute Gasteiger partial charge is 0.493 e. The number of nitrogens with zero attached hydrogens (tertiary/aromatic N) is 2. The van der Waals surface area contributed by atoms with Crippen molar-refractivity contribution in [2.24, 2.45) is 5.92 Å². The highest BCUT2D eigenvalue weighted by molar-refractivity contribution is 6.27. The third-order valence-electron chi connectivity index (χ3n) is 6.37. The number of piperidine rings is 1. The first-order chi connectivity index (χ1) is 18.1. The van der Waals surface area contributed by atoms with Gasteiger partial charge in [0.2, 0.25) is 5.91 Å². The minimum atomic E-state index is -1.82. The Kier molecular flexibility index (Phi) is 12.3. The van der Waals surface area contributed by atoms with Crippen LogP contribution in [0.1, 0.15) is 30.9 Å². The van der Waals surface area contributed by atoms with E-state index in [1.807, 2.05) is 36.2 Å². The molecule has 9 heteroatoms. The molecule has 1 saturated heterocycles. The topological polar surface area (TPSA) is 117 Å². The van der Waals surface area contributed by atoms with Crippen LogP contribution in [-0.2, 0) is 20.8 Å². The molecule has 1 fully saturated rings. The van der Waals surface area contributed by atoms with Gasteiger partial charge in [-0.05, 0) is 62.5 Å². The maximum absolute atomic E-state index is 13.0. The molecule has 1 aliphatic heterocycles. The predicted molar refractivity (Wildman–Crippen MR) is 145 cm³/mol. The maximum atomic E-state index is 13.0. The maximum Gasteiger partial charge on any atom is 0.414 e. The molecule has 0 unspecified atom stereocenters. The number of hydrogen-bond acceptors (Lipinski definition) is 6. The molecular formula is C29H38N2O7. The number of benzene rings is 2. The SMILES string of the molecule is COc1ccc(CCN(C)C(=O)C2CCN(C/C(C)=C/c3ccccc3)CC2)cc1OC.O=C(O)C(=O)O. The summed E-state index contributed by atoms with van der Waals surface area (Å²) in [6.07, 6.45) is 4.90. The predicted octanol–water partition coefficient (Wildman–Crippen LogP) is 3.68. The fourth-order valence-electron chi connectivity index (χ4n) is 4.32. The Labute approximate surface area is 224 Å². The molecule has 0 spiro atoms. The number of carboxylic acid groups (broad SMARTS) is 2. The molecule has 206 valence electrons. The summed E-state index contributed by atoms with van der Waals surface area (Å²) in [6.45, 7) is 5.80. The van der Waals surface area contributed by atoms with E-state index >= 15 is 0 Å². The van der Waals surface area contributed by atoms with Crippen LogP contribution in [0.5, 0.6) is 11.5 Å². The van der Waals surface area contributed by atoms with Crippen LogP contribution in [0.15, 0.2) is 54.1 Å². The number of aliphatic carboxylic acids is 2. The second-order valence-electron chi connectivity index (χ2n) is 9.26. The molecule has 0 radical (unpaired) electrons. The van der Waals surface area contributed by atoms with Gasteiger partial charge in [0.25, 0.3) is 0 Å². The Morgan fingerprint density at radius 2 is 1.58 bits per heavy atom. The van der Waals surface area contributed by atoms with Crippen LogP contribution in [-0.4, -0.2) is 85.3 Å². The molecule has 2 aromatic carbocycles. The van der Waals surface area contributed by atoms with Gasteiger partial charge in [-0.15, -0.1) is 0 Å². The highest BCUT2D eigenvalue weighted by Gasteiger charge is 2.27. The monoisotopic (exact) mass is 526 g/mol. The quantitative estimate of drug-likeness (QED) is 0.476. The number of carbonyl (C=O) groups is 3. The number of methoxy groups -OCH3 is 2. The van der Waals surface area contributed by atoms with Gasteiger partial charge in [0.1, 0.15) is 0 Å². The number of likely N-dealkylation sites (N-methyl/N-ethyl adjacent to an activating group) is 1. The number of carboxylic acids is 2. The van der Waals surface area contributed by atoms with Gasteiger partial charge in [0, 0.05) is 26.1 Å². The fourth-order valence-corrected chi connectivity index (χ4v) is 4.32. The average Bonchev–Trinajstić information content (AvgIpc) is 2.92. The Morgan fingerprint density at radius 1 is 0.974 bits per heavy atom. The first kappa shape index (κ1) is 30.4. The summed E-state index contributed by atoms with van der Waals surface area (Å²) in [6, 6.07) is 16.4. The van der Waals surface area contributed by atoms with Gasteiger partial charge >= 0.3 is 11.9 Å². The molecule has 2 aromatic rings. The lowest BCUT2D eigenvalue weighted by molar-refractivity contribution is -0.159. The summed E-state index contributed by atoms with van der Waals surface area (Å²) >= 11 is 0. The lowest BCUT2D eigenvalue weighted by Gasteiger charge is -2.33. The van der Waals surface area contributed by atoms with Gasteiger partial charge in [-0.3, -0.25) is 9.69 Å². The van der Waals surface area contributed by atoms with Crippen LogP contribution in [0, 0.1) is 5.92 Å². The zero-order chi connectivity index (χ0) is 28.1. The number of carbonyl (C=O) groups excluding carboxylic acids is 1. The number of hydrogen-bond donors (Lipinski definition) is 2. The van der Waals surface area contributed by atoms with Crippen molar-refractivity contribution < 1.29 is 34.1 Å². The van der Waals surface area contributed by atoms with Crippen molar-refractivity contribution in [1.29, 1.82) is 0 Å². The van der Waals surface area contributed by atoms with Gasteiger partial charge in [0.05, 0.1) is 14.2 Å². The number of amides is 1. The summed E-state index contributed by atoms with van der Waals surface area (Å²) < 4.78 is 10.7. The van der Waals surface area contributed by atoms with Crippen LogP contribution in [0.25, 0.3) is 6.08 Å². The Bertz CT molecular complexity index is 1080. The van der Waals surface area contributed by atoms with Crippen molar-refractivity contribution >= 4 is 23.9 Å². The summed E-state index contributed by atoms with van der Waals surface area (Å²) in [5, 5.41) is 14.8. The lowest BCUT2D eigenvalue weighted by Crippen LogP contribution is -2.42. The fraction of sp³-hybridized carbons (Fsp3) is 0.414. The summed E-state index contributed by atoms with van der Waals surface area (Å²) in [7, 11) is 5.20. The minimum absolute atomic E-state index is 0.125. The van der Waals surface area contributed by atoms with E-state index in [2.05, 4.69) is 42.2 Å². The minimum Gasteiger partial charge on any atom is -0.493 e. The van der Waals surface area contributed by atoms with Crippen molar-refractivity contribution in [3.05, 3.63) is 65.2 Å². The van der Waals surface area contributed by atoms with E-state index in [1.165, 1.54) is 11.1 Å². The molecule has 1 heterocycles. The number of ether oxygens (including phenoxy) is 2. The van der Waals surface area contributed by atoms with E-state index in [-0.39, 0.29) is 11.8 Å². The van der Waals surface area contributed by atoms with E-state index in [0.717, 1.165) is 56.0 Å². The molecule has 38 heavy (non-hydrogen) atoms. The van der Waals surface area contributed by atoms with Crippen molar-refractivity contribution in [3.8, 4) is 11.5 Å². The standard InChI is InChI=1S/C27H36N2O3.C2H2O4/c1-21(18-22-8-6-5-7-9-22)20-29-16-13-24(14-17-29)27(30)28(2)15-12-23-10-11-25(31-3)26(19-23)32-4;3-1(4)2(5)6/h5-11,18-19,24H,12-17,20H2,1-4H3;(H,3,4)(H,5,6)/b21-18+;. The lowest BCUT2D eigenvalue weighted by atomic mass is 9.95. The van der Waals surface area contributed by atoms with Crippen LogP contribution in [0.3, 0.4) is 0 Å². The van der Waals surface area contributed by atoms with E-state index in [9.17, 15) is 4.79 Å². The van der Waals surface area contributed by atoms with Gasteiger partial charge in [0.15, 0.2) is 11.5 Å². The second-order valence-corrected chi connectivity index (χ2v) is 9.26. The van der Waals surface area contributed by atoms with Crippen molar-refractivity contribution in [1.82, 2.24) is 9.80 Å². The molecule has 0 atom stereocenters. The molecule has 9 nitrogen and oxygen atoms in total. The first-order valence-corrected chi connectivity index (χ1v) is 12.5. The van der Waals surface area contributed by atoms with E-state index in [1.54, 1.807) is 14.2 Å². The number of rotatable bonds is 9. The summed E-state index contributed by atoms with van der Waals surface area (Å²) in [5.74, 6) is -1.81. The van der Waals surface area contributed by atoms with Crippen LogP contribution >= 0.6 is 0 Å². The van der Waals surface area contributed by atoms with Crippen molar-refractivity contribution in [3.63, 3.8) is 0 Å². The first-order valence-electron chi connectivity index (χ1n) is 12.5. The molecule has 3 rings (SSSR count). The van der Waals surface area contributed by atoms with Crippen LogP contribution in [0.2, 0.25) is 0 Å². The highest BCUT2D eigenvalue weighted by atomic mass is 16.5. The normalized spacial score (nSPS) is 14.2. The van der Waals surface area contributed by atoms with Gasteiger partial charge in [-0.1, -0.05) is 48.0 Å². The molecule has 0 aliphatic carbocycles. The van der Waals surface area contributed by atoms with E-state index < -0.39 is 11.9 Å². The molecule has 0 saturated carbocycles. The molecule has 1 aliphatic rings. The number of likely N-dealkylation sites (tertiary alicyclic amines) is 1. The third-order valence-corrected chi connectivity index (χ3v) is 6.37. The van der Waals surface area contributed by atoms with Crippen LogP contribution < -0.4 is 9.47 Å². The molecule has 2 N–H and O–H groups in total. The molecule has 1 amide bonds. The smallest absolute Gasteiger partial charge is 0.414 e. The second kappa shape index (κ2) is 15.4. The Balaban J connectivity index is 0.000000757. The van der Waals surface area contributed by atoms with Crippen LogP contribution in [0.4, 0.5) is 0 Å². The van der Waals surface area contributed by atoms with Gasteiger partial charge in [-0.25, -0.2) is 9.59 Å². The molecule has 0 aromatic heterocycles. The van der Waals surface area contributed by atoms with E-state index in [4.69, 9.17) is 29.3 Å². The zero-order valence-electron chi connectivity index (χ0n) is 22.6. The highest BCUT2D eigenvalue weighted by Crippen LogP contribution is 2.28. The van der Waals surface area contributed by atoms with Crippen molar-refractivity contribution in [2.45, 2.75) is 26.2 Å².